The molecular formula is C31H36Cl2FN5. The minimum Gasteiger partial charge on any atom is -0.334 e. The number of aromatic amines is 1. The molecular weight excluding hydrogens is 532 g/mol. The lowest BCUT2D eigenvalue weighted by Gasteiger charge is -2.07. The van der Waals surface area contributed by atoms with Crippen molar-refractivity contribution >= 4 is 34.4 Å². The van der Waals surface area contributed by atoms with Crippen LogP contribution in [0.15, 0.2) is 72.2 Å². The maximum atomic E-state index is 11.8. The minimum atomic E-state index is -0.486. The van der Waals surface area contributed by atoms with Gasteiger partial charge in [-0.3, -0.25) is 0 Å². The number of aryl methyl sites for hydroxylation is 1. The summed E-state index contributed by atoms with van der Waals surface area (Å²) in [6.07, 6.45) is 13.2. The predicted molar refractivity (Wildman–Crippen MR) is 161 cm³/mol. The highest BCUT2D eigenvalue weighted by molar-refractivity contribution is 6.31. The lowest BCUT2D eigenvalue weighted by atomic mass is 10.0. The number of hydrogen-bond donors (Lipinski definition) is 1. The summed E-state index contributed by atoms with van der Waals surface area (Å²) in [5, 5.41) is 1.24. The molecule has 0 aliphatic heterocycles. The quantitative estimate of drug-likeness (QED) is 0.215. The highest BCUT2D eigenvalue weighted by Gasteiger charge is 2.22. The van der Waals surface area contributed by atoms with E-state index in [0.717, 1.165) is 34.3 Å². The second-order valence-corrected chi connectivity index (χ2v) is 10.2. The second-order valence-electron chi connectivity index (χ2n) is 9.37. The first-order valence-corrected chi connectivity index (χ1v) is 14.1. The Morgan fingerprint density at radius 3 is 2.69 bits per heavy atom. The maximum Gasteiger partial charge on any atom is 0.181 e. The Labute approximate surface area is 240 Å². The van der Waals surface area contributed by atoms with Gasteiger partial charge in [0.25, 0.3) is 0 Å². The van der Waals surface area contributed by atoms with Gasteiger partial charge >= 0.3 is 0 Å². The molecule has 0 spiro atoms. The van der Waals surface area contributed by atoms with Crippen LogP contribution in [-0.2, 0) is 6.42 Å². The number of alkyl halides is 1. The van der Waals surface area contributed by atoms with Gasteiger partial charge in [-0.1, -0.05) is 75.0 Å². The number of halogens is 3. The Morgan fingerprint density at radius 1 is 1.18 bits per heavy atom. The topological polar surface area (TPSA) is 67.3 Å². The molecule has 3 heterocycles. The number of pyridine rings is 1. The van der Waals surface area contributed by atoms with Gasteiger partial charge in [-0.15, -0.1) is 0 Å². The number of imidazole rings is 1. The van der Waals surface area contributed by atoms with Crippen molar-refractivity contribution < 1.29 is 4.39 Å². The van der Waals surface area contributed by atoms with E-state index in [0.29, 0.717) is 22.4 Å². The van der Waals surface area contributed by atoms with Crippen molar-refractivity contribution in [3.63, 3.8) is 0 Å². The first kappa shape index (κ1) is 30.5. The fourth-order valence-corrected chi connectivity index (χ4v) is 4.30. The number of rotatable bonds is 8. The van der Waals surface area contributed by atoms with E-state index in [9.17, 15) is 4.39 Å². The fraction of sp³-hybridized carbons (Fsp3) is 0.355. The number of hydrogen-bond acceptors (Lipinski definition) is 4. The van der Waals surface area contributed by atoms with Crippen LogP contribution in [0.5, 0.6) is 0 Å². The number of benzene rings is 1. The van der Waals surface area contributed by atoms with Crippen LogP contribution in [-0.4, -0.2) is 31.6 Å². The number of aromatic nitrogens is 5. The van der Waals surface area contributed by atoms with E-state index >= 15 is 0 Å². The summed E-state index contributed by atoms with van der Waals surface area (Å²) >= 11 is 11.8. The van der Waals surface area contributed by atoms with E-state index in [1.54, 1.807) is 12.3 Å². The average Bonchev–Trinajstić information content (AvgIpc) is 3.65. The second kappa shape index (κ2) is 15.5. The zero-order valence-electron chi connectivity index (χ0n) is 23.0. The molecule has 3 aromatic heterocycles. The van der Waals surface area contributed by atoms with Crippen molar-refractivity contribution in [3.05, 3.63) is 94.0 Å². The van der Waals surface area contributed by atoms with Crippen molar-refractivity contribution in [2.24, 2.45) is 11.8 Å². The third-order valence-electron chi connectivity index (χ3n) is 6.15. The summed E-state index contributed by atoms with van der Waals surface area (Å²) in [4.78, 5) is 20.5. The number of nitrogens with zero attached hydrogens (tertiary/aromatic N) is 4. The van der Waals surface area contributed by atoms with Crippen molar-refractivity contribution in [1.29, 1.82) is 0 Å². The van der Waals surface area contributed by atoms with E-state index < -0.39 is 6.67 Å². The van der Waals surface area contributed by atoms with Crippen molar-refractivity contribution in [3.8, 4) is 11.5 Å². The lowest BCUT2D eigenvalue weighted by molar-refractivity contribution is 0.561. The smallest absolute Gasteiger partial charge is 0.181 e. The highest BCUT2D eigenvalue weighted by atomic mass is 35.5. The Morgan fingerprint density at radius 2 is 1.97 bits per heavy atom. The van der Waals surface area contributed by atoms with E-state index in [1.165, 1.54) is 42.8 Å². The largest absolute Gasteiger partial charge is 0.334 e. The molecule has 206 valence electrons. The summed E-state index contributed by atoms with van der Waals surface area (Å²) in [5.41, 5.74) is 5.55. The molecule has 4 aromatic rings. The average molecular weight is 569 g/mol. The van der Waals surface area contributed by atoms with Crippen LogP contribution in [0.25, 0.3) is 22.7 Å². The van der Waals surface area contributed by atoms with Crippen LogP contribution in [0.2, 0.25) is 5.02 Å². The molecule has 0 radical (unpaired) electrons. The normalized spacial score (nSPS) is 14.0. The number of H-pyrrole nitrogens is 1. The van der Waals surface area contributed by atoms with E-state index in [-0.39, 0.29) is 0 Å². The van der Waals surface area contributed by atoms with E-state index in [2.05, 4.69) is 39.9 Å². The summed E-state index contributed by atoms with van der Waals surface area (Å²) in [7, 11) is 0. The molecule has 1 N–H and O–H groups in total. The van der Waals surface area contributed by atoms with Crippen LogP contribution >= 0.6 is 23.2 Å². The first-order valence-electron chi connectivity index (χ1n) is 13.4. The molecule has 39 heavy (non-hydrogen) atoms. The predicted octanol–water partition coefficient (Wildman–Crippen LogP) is 9.06. The van der Waals surface area contributed by atoms with Crippen molar-refractivity contribution in [1.82, 2.24) is 24.9 Å². The molecule has 0 amide bonds. The van der Waals surface area contributed by atoms with E-state index in [1.807, 2.05) is 50.2 Å². The third-order valence-corrected chi connectivity index (χ3v) is 6.67. The van der Waals surface area contributed by atoms with Gasteiger partial charge in [-0.25, -0.2) is 24.3 Å². The first-order chi connectivity index (χ1) is 18.9. The summed E-state index contributed by atoms with van der Waals surface area (Å²) in [5.74, 6) is 2.19. The standard InChI is InChI=1S/C18H14ClN5.C11H16ClF.C2H6/c1-11-5-6-13(19)7-12(11)8-14-3-2-4-15(22-14)18-23-16-9-20-10-21-17(16)24-18;1-9(8-10-3-4-10)2-5-11(12)6-7-13;1-2/h2-7,9-10H,8H2,1H3,(H,20,21,23,24);2,5-6,9-10H,3-4,7-8H2,1H3;1-2H3/b;5-2-,11-6+;. The van der Waals surface area contributed by atoms with Gasteiger partial charge in [-0.05, 0) is 72.7 Å². The molecule has 1 fully saturated rings. The van der Waals surface area contributed by atoms with Crippen LogP contribution in [0.1, 0.15) is 56.9 Å². The third kappa shape index (κ3) is 9.86. The zero-order chi connectivity index (χ0) is 28.2. The molecule has 5 nitrogen and oxygen atoms in total. The van der Waals surface area contributed by atoms with Crippen LogP contribution in [0, 0.1) is 18.8 Å². The molecule has 1 unspecified atom stereocenters. The van der Waals surface area contributed by atoms with Crippen molar-refractivity contribution in [2.75, 3.05) is 6.67 Å². The molecule has 1 aliphatic rings. The van der Waals surface area contributed by atoms with Crippen LogP contribution in [0.3, 0.4) is 0 Å². The lowest BCUT2D eigenvalue weighted by Crippen LogP contribution is -1.97. The molecule has 0 saturated heterocycles. The van der Waals surface area contributed by atoms with Gasteiger partial charge in [0.1, 0.15) is 24.2 Å². The van der Waals surface area contributed by atoms with Crippen molar-refractivity contribution in [2.45, 2.75) is 53.4 Å². The summed E-state index contributed by atoms with van der Waals surface area (Å²) < 4.78 is 11.8. The minimum absolute atomic E-state index is 0.486. The van der Waals surface area contributed by atoms with Gasteiger partial charge in [0, 0.05) is 22.2 Å². The Balaban J connectivity index is 0.000000239. The van der Waals surface area contributed by atoms with Gasteiger partial charge in [0.2, 0.25) is 0 Å². The van der Waals surface area contributed by atoms with Crippen LogP contribution < -0.4 is 0 Å². The van der Waals surface area contributed by atoms with Gasteiger partial charge in [0.05, 0.1) is 6.20 Å². The highest BCUT2D eigenvalue weighted by Crippen LogP contribution is 2.35. The van der Waals surface area contributed by atoms with Crippen LogP contribution in [0.4, 0.5) is 4.39 Å². The fourth-order valence-electron chi connectivity index (χ4n) is 3.97. The Kier molecular flexibility index (Phi) is 12.1. The monoisotopic (exact) mass is 567 g/mol. The molecule has 1 aliphatic carbocycles. The summed E-state index contributed by atoms with van der Waals surface area (Å²) in [6, 6.07) is 11.8. The molecule has 0 bridgehead atoms. The summed E-state index contributed by atoms with van der Waals surface area (Å²) in [6.45, 7) is 7.77. The molecule has 1 atom stereocenters. The maximum absolute atomic E-state index is 11.8. The van der Waals surface area contributed by atoms with Gasteiger partial charge in [-0.2, -0.15) is 0 Å². The number of fused-ring (bicyclic) bond motifs is 1. The van der Waals surface area contributed by atoms with Gasteiger partial charge < -0.3 is 4.98 Å². The van der Waals surface area contributed by atoms with E-state index in [4.69, 9.17) is 28.2 Å². The SMILES string of the molecule is CC.CC(/C=C\C(Cl)=C/CF)CC1CC1.Cc1ccc(Cl)cc1Cc1cccc(-c2nc3ncncc3[nH]2)n1. The Hall–Kier alpha value is -3.09. The van der Waals surface area contributed by atoms with Gasteiger partial charge in [0.15, 0.2) is 11.5 Å². The Bertz CT molecular complexity index is 1360. The molecule has 5 rings (SSSR count). The molecule has 1 saturated carbocycles. The molecule has 1 aromatic carbocycles. The number of nitrogens with one attached hydrogen (secondary N) is 1. The zero-order valence-corrected chi connectivity index (χ0v) is 24.5. The number of allylic oxidation sites excluding steroid dienone is 4. The molecule has 8 heteroatoms.